The van der Waals surface area contributed by atoms with Gasteiger partial charge in [-0.15, -0.1) is 11.3 Å². The minimum absolute atomic E-state index is 0.614. The molecule has 2 aromatic heterocycles. The molecule has 4 aromatic carbocycles. The van der Waals surface area contributed by atoms with Crippen LogP contribution in [0.2, 0.25) is 0 Å². The van der Waals surface area contributed by atoms with Gasteiger partial charge in [0.1, 0.15) is 0 Å². The number of nitriles is 2. The summed E-state index contributed by atoms with van der Waals surface area (Å²) in [5.74, 6) is 0. The fraction of sp³-hybridized carbons (Fsp3) is 0. The third-order valence-electron chi connectivity index (χ3n) is 5.64. The molecule has 0 unspecified atom stereocenters. The van der Waals surface area contributed by atoms with Gasteiger partial charge in [0.15, 0.2) is 0 Å². The van der Waals surface area contributed by atoms with Gasteiger partial charge >= 0.3 is 0 Å². The van der Waals surface area contributed by atoms with Crippen LogP contribution in [0.1, 0.15) is 11.1 Å². The van der Waals surface area contributed by atoms with Crippen molar-refractivity contribution < 1.29 is 0 Å². The third-order valence-corrected chi connectivity index (χ3v) is 6.78. The molecule has 0 fully saturated rings. The van der Waals surface area contributed by atoms with Crippen molar-refractivity contribution in [2.45, 2.75) is 0 Å². The van der Waals surface area contributed by atoms with E-state index in [1.807, 2.05) is 36.4 Å². The Kier molecular flexibility index (Phi) is 3.47. The fourth-order valence-electron chi connectivity index (χ4n) is 4.36. The van der Waals surface area contributed by atoms with E-state index in [1.165, 1.54) is 20.2 Å². The molecule has 0 N–H and O–H groups in total. The topological polar surface area (TPSA) is 52.5 Å². The molecule has 0 bridgehead atoms. The fourth-order valence-corrected chi connectivity index (χ4v) is 5.49. The highest BCUT2D eigenvalue weighted by Gasteiger charge is 2.17. The van der Waals surface area contributed by atoms with Crippen LogP contribution >= 0.6 is 11.3 Å². The molecule has 30 heavy (non-hydrogen) atoms. The van der Waals surface area contributed by atoms with Gasteiger partial charge in [0, 0.05) is 30.9 Å². The summed E-state index contributed by atoms with van der Waals surface area (Å²) in [6.45, 7) is 0. The molecular weight excluding hydrogens is 386 g/mol. The molecule has 0 aliphatic heterocycles. The highest BCUT2D eigenvalue weighted by atomic mass is 32.1. The maximum absolute atomic E-state index is 9.42. The second-order valence-electron chi connectivity index (χ2n) is 7.27. The molecule has 3 nitrogen and oxygen atoms in total. The lowest BCUT2D eigenvalue weighted by Gasteiger charge is -2.10. The molecule has 4 heteroatoms. The summed E-state index contributed by atoms with van der Waals surface area (Å²) in [5.41, 5.74) is 4.40. The van der Waals surface area contributed by atoms with E-state index in [0.29, 0.717) is 11.1 Å². The van der Waals surface area contributed by atoms with Gasteiger partial charge in [-0.05, 0) is 54.6 Å². The number of rotatable bonds is 1. The summed E-state index contributed by atoms with van der Waals surface area (Å²) in [4.78, 5) is 0. The normalized spacial score (nSPS) is 11.3. The molecular formula is C26H13N3S. The van der Waals surface area contributed by atoms with Gasteiger partial charge in [0.05, 0.1) is 40.0 Å². The van der Waals surface area contributed by atoms with Crippen LogP contribution in [0.4, 0.5) is 0 Å². The zero-order valence-electron chi connectivity index (χ0n) is 15.8. The average molecular weight is 399 g/mol. The predicted octanol–water partition coefficient (Wildman–Crippen LogP) is 6.89. The van der Waals surface area contributed by atoms with Crippen molar-refractivity contribution in [1.29, 1.82) is 10.5 Å². The highest BCUT2D eigenvalue weighted by molar-refractivity contribution is 7.25. The van der Waals surface area contributed by atoms with E-state index in [9.17, 15) is 10.5 Å². The summed E-state index contributed by atoms with van der Waals surface area (Å²) < 4.78 is 4.76. The Hall–Kier alpha value is -4.12. The molecule has 0 saturated heterocycles. The Morgan fingerprint density at radius 2 is 1.27 bits per heavy atom. The number of fused-ring (bicyclic) bond motifs is 6. The highest BCUT2D eigenvalue weighted by Crippen LogP contribution is 2.40. The minimum atomic E-state index is 0.614. The van der Waals surface area contributed by atoms with Gasteiger partial charge in [-0.3, -0.25) is 0 Å². The van der Waals surface area contributed by atoms with Crippen molar-refractivity contribution in [3.63, 3.8) is 0 Å². The van der Waals surface area contributed by atoms with Gasteiger partial charge in [-0.25, -0.2) is 0 Å². The maximum Gasteiger partial charge on any atom is 0.0991 e. The summed E-state index contributed by atoms with van der Waals surface area (Å²) in [5, 5.41) is 23.3. The van der Waals surface area contributed by atoms with Gasteiger partial charge in [-0.2, -0.15) is 10.5 Å². The van der Waals surface area contributed by atoms with Crippen molar-refractivity contribution >= 4 is 53.3 Å². The Labute approximate surface area is 176 Å². The summed E-state index contributed by atoms with van der Waals surface area (Å²) >= 11 is 1.80. The lowest BCUT2D eigenvalue weighted by molar-refractivity contribution is 1.20. The molecule has 6 rings (SSSR count). The zero-order chi connectivity index (χ0) is 20.2. The SMILES string of the molecule is N#Cc1ccc2c(c1)c1cc(C#N)ccc1n2-c1cccc2sc3ccccc3c12. The Morgan fingerprint density at radius 3 is 1.93 bits per heavy atom. The van der Waals surface area contributed by atoms with Gasteiger partial charge in [0.2, 0.25) is 0 Å². The van der Waals surface area contributed by atoms with Crippen LogP contribution < -0.4 is 0 Å². The number of aromatic nitrogens is 1. The van der Waals surface area contributed by atoms with Gasteiger partial charge in [0.25, 0.3) is 0 Å². The first-order valence-corrected chi connectivity index (χ1v) is 10.4. The Bertz CT molecular complexity index is 1650. The number of nitrogens with zero attached hydrogens (tertiary/aromatic N) is 3. The lowest BCUT2D eigenvalue weighted by atomic mass is 10.1. The molecule has 138 valence electrons. The first-order chi connectivity index (χ1) is 14.8. The van der Waals surface area contributed by atoms with Crippen molar-refractivity contribution in [1.82, 2.24) is 4.57 Å². The second kappa shape index (κ2) is 6.19. The van der Waals surface area contributed by atoms with Crippen LogP contribution in [0.15, 0.2) is 78.9 Å². The van der Waals surface area contributed by atoms with E-state index in [1.54, 1.807) is 11.3 Å². The van der Waals surface area contributed by atoms with E-state index < -0.39 is 0 Å². The van der Waals surface area contributed by atoms with Crippen LogP contribution in [-0.2, 0) is 0 Å². The molecule has 0 aliphatic rings. The van der Waals surface area contributed by atoms with Crippen LogP contribution in [0, 0.1) is 22.7 Å². The summed E-state index contributed by atoms with van der Waals surface area (Å²) in [7, 11) is 0. The minimum Gasteiger partial charge on any atom is -0.309 e. The zero-order valence-corrected chi connectivity index (χ0v) is 16.6. The second-order valence-corrected chi connectivity index (χ2v) is 8.36. The summed E-state index contributed by atoms with van der Waals surface area (Å²) in [6, 6.07) is 30.9. The lowest BCUT2D eigenvalue weighted by Crippen LogP contribution is -1.94. The van der Waals surface area contributed by atoms with Crippen molar-refractivity contribution in [3.05, 3.63) is 90.0 Å². The number of hydrogen-bond acceptors (Lipinski definition) is 3. The monoisotopic (exact) mass is 399 g/mol. The largest absolute Gasteiger partial charge is 0.309 e. The first-order valence-electron chi connectivity index (χ1n) is 9.57. The van der Waals surface area contributed by atoms with Crippen LogP contribution in [0.25, 0.3) is 47.7 Å². The molecule has 0 spiro atoms. The number of benzene rings is 4. The Morgan fingerprint density at radius 1 is 0.633 bits per heavy atom. The molecule has 0 atom stereocenters. The smallest absolute Gasteiger partial charge is 0.0991 e. The van der Waals surface area contributed by atoms with E-state index in [0.717, 1.165) is 27.5 Å². The van der Waals surface area contributed by atoms with Crippen molar-refractivity contribution in [2.75, 3.05) is 0 Å². The molecule has 0 radical (unpaired) electrons. The number of thiophene rings is 1. The van der Waals surface area contributed by atoms with Crippen molar-refractivity contribution in [3.8, 4) is 17.8 Å². The van der Waals surface area contributed by atoms with E-state index >= 15 is 0 Å². The van der Waals surface area contributed by atoms with Crippen LogP contribution in [0.3, 0.4) is 0 Å². The van der Waals surface area contributed by atoms with Gasteiger partial charge < -0.3 is 4.57 Å². The standard InChI is InChI=1S/C26H13N3S/c27-14-16-8-10-21-19(12-16)20-13-17(15-28)9-11-22(20)29(21)23-5-3-7-25-26(23)18-4-1-2-6-24(18)30-25/h1-13H. The molecule has 0 saturated carbocycles. The quantitative estimate of drug-likeness (QED) is 0.302. The third kappa shape index (κ3) is 2.23. The maximum atomic E-state index is 9.42. The number of hydrogen-bond donors (Lipinski definition) is 0. The first kappa shape index (κ1) is 16.8. The van der Waals surface area contributed by atoms with Crippen molar-refractivity contribution in [2.24, 2.45) is 0 Å². The molecule has 0 aliphatic carbocycles. The molecule has 0 amide bonds. The van der Waals surface area contributed by atoms with Crippen LogP contribution in [0.5, 0.6) is 0 Å². The molecule has 2 heterocycles. The van der Waals surface area contributed by atoms with Gasteiger partial charge in [-0.1, -0.05) is 24.3 Å². The van der Waals surface area contributed by atoms with E-state index in [4.69, 9.17) is 0 Å². The summed E-state index contributed by atoms with van der Waals surface area (Å²) in [6.07, 6.45) is 0. The van der Waals surface area contributed by atoms with E-state index in [-0.39, 0.29) is 0 Å². The Balaban J connectivity index is 1.84. The van der Waals surface area contributed by atoms with Crippen LogP contribution in [-0.4, -0.2) is 4.57 Å². The average Bonchev–Trinajstić information content (AvgIpc) is 3.33. The molecule has 6 aromatic rings. The van der Waals surface area contributed by atoms with E-state index in [2.05, 4.69) is 59.2 Å². The predicted molar refractivity (Wildman–Crippen MR) is 123 cm³/mol.